The van der Waals surface area contributed by atoms with Crippen molar-refractivity contribution in [1.82, 2.24) is 0 Å². The van der Waals surface area contributed by atoms with Crippen LogP contribution in [0.15, 0.2) is 42.5 Å². The maximum Gasteiger partial charge on any atom is 0.0765 e. The first-order chi connectivity index (χ1) is 6.75. The van der Waals surface area contributed by atoms with Crippen LogP contribution < -0.4 is 5.32 Å². The third kappa shape index (κ3) is 1.91. The van der Waals surface area contributed by atoms with Crippen LogP contribution in [0.1, 0.15) is 6.92 Å². The van der Waals surface area contributed by atoms with E-state index in [1.165, 1.54) is 10.8 Å². The monoisotopic (exact) mass is 201 g/mol. The van der Waals surface area contributed by atoms with Crippen molar-refractivity contribution in [2.75, 3.05) is 5.32 Å². The van der Waals surface area contributed by atoms with Crippen LogP contribution in [-0.2, 0) is 0 Å². The summed E-state index contributed by atoms with van der Waals surface area (Å²) in [6.07, 6.45) is 0. The summed E-state index contributed by atoms with van der Waals surface area (Å²) in [6, 6.07) is 14.5. The van der Waals surface area contributed by atoms with E-state index in [9.17, 15) is 0 Å². The molecule has 1 N–H and O–H groups in total. The molecule has 2 aromatic carbocycles. The van der Waals surface area contributed by atoms with Crippen molar-refractivity contribution in [2.24, 2.45) is 0 Å². The molecule has 0 fully saturated rings. The first-order valence-corrected chi connectivity index (χ1v) is 4.93. The van der Waals surface area contributed by atoms with E-state index in [1.807, 2.05) is 25.1 Å². The second kappa shape index (κ2) is 3.76. The second-order valence-electron chi connectivity index (χ2n) is 3.24. The Labute approximate surface area is 88.8 Å². The lowest BCUT2D eigenvalue weighted by molar-refractivity contribution is 1.67. The third-order valence-electron chi connectivity index (χ3n) is 2.07. The van der Waals surface area contributed by atoms with Gasteiger partial charge in [0.2, 0.25) is 0 Å². The molecular weight excluding hydrogens is 190 g/mol. The van der Waals surface area contributed by atoms with E-state index >= 15 is 0 Å². The van der Waals surface area contributed by atoms with Crippen molar-refractivity contribution in [1.29, 1.82) is 0 Å². The van der Waals surface area contributed by atoms with Crippen LogP contribution in [-0.4, -0.2) is 4.99 Å². The molecule has 2 heteroatoms. The van der Waals surface area contributed by atoms with Crippen LogP contribution in [0.3, 0.4) is 0 Å². The molecule has 70 valence electrons. The minimum atomic E-state index is 0.792. The average Bonchev–Trinajstić information content (AvgIpc) is 2.17. The van der Waals surface area contributed by atoms with E-state index in [4.69, 9.17) is 12.2 Å². The second-order valence-corrected chi connectivity index (χ2v) is 3.86. The number of benzene rings is 2. The SMILES string of the molecule is CC(=S)Nc1ccc2ccccc2c1. The minimum Gasteiger partial charge on any atom is -0.350 e. The molecule has 0 aliphatic rings. The lowest BCUT2D eigenvalue weighted by atomic mass is 10.1. The average molecular weight is 201 g/mol. The molecule has 0 atom stereocenters. The molecule has 1 nitrogen and oxygen atoms in total. The van der Waals surface area contributed by atoms with Gasteiger partial charge in [0.05, 0.1) is 4.99 Å². The lowest BCUT2D eigenvalue weighted by Gasteiger charge is -2.04. The van der Waals surface area contributed by atoms with Crippen molar-refractivity contribution >= 4 is 33.7 Å². The molecule has 0 spiro atoms. The number of hydrogen-bond donors (Lipinski definition) is 1. The fourth-order valence-corrected chi connectivity index (χ4v) is 1.59. The highest BCUT2D eigenvalue weighted by Crippen LogP contribution is 2.18. The number of thiocarbonyl (C=S) groups is 1. The molecule has 2 aromatic rings. The van der Waals surface area contributed by atoms with Gasteiger partial charge in [-0.05, 0) is 29.8 Å². The Morgan fingerprint density at radius 1 is 1.07 bits per heavy atom. The summed E-state index contributed by atoms with van der Waals surface area (Å²) in [4.78, 5) is 0.792. The van der Waals surface area contributed by atoms with Crippen molar-refractivity contribution in [3.8, 4) is 0 Å². The Morgan fingerprint density at radius 3 is 2.50 bits per heavy atom. The molecule has 14 heavy (non-hydrogen) atoms. The molecule has 0 saturated carbocycles. The molecule has 0 saturated heterocycles. The van der Waals surface area contributed by atoms with Gasteiger partial charge < -0.3 is 5.32 Å². The summed E-state index contributed by atoms with van der Waals surface area (Å²) in [6.45, 7) is 1.88. The van der Waals surface area contributed by atoms with E-state index in [0.717, 1.165) is 10.7 Å². The number of anilines is 1. The van der Waals surface area contributed by atoms with Gasteiger partial charge in [-0.25, -0.2) is 0 Å². The van der Waals surface area contributed by atoms with Crippen molar-refractivity contribution < 1.29 is 0 Å². The maximum atomic E-state index is 4.99. The van der Waals surface area contributed by atoms with Crippen molar-refractivity contribution in [3.63, 3.8) is 0 Å². The molecule has 2 rings (SSSR count). The molecular formula is C12H11NS. The van der Waals surface area contributed by atoms with Crippen molar-refractivity contribution in [2.45, 2.75) is 6.92 Å². The largest absolute Gasteiger partial charge is 0.350 e. The van der Waals surface area contributed by atoms with E-state index < -0.39 is 0 Å². The van der Waals surface area contributed by atoms with E-state index in [0.29, 0.717) is 0 Å². The zero-order valence-corrected chi connectivity index (χ0v) is 8.77. The standard InChI is InChI=1S/C12H11NS/c1-9(14)13-12-7-6-10-4-2-3-5-11(10)8-12/h2-8H,1H3,(H,13,14). The maximum absolute atomic E-state index is 4.99. The summed E-state index contributed by atoms with van der Waals surface area (Å²) in [5.41, 5.74) is 1.05. The van der Waals surface area contributed by atoms with Gasteiger partial charge in [-0.15, -0.1) is 0 Å². The van der Waals surface area contributed by atoms with Gasteiger partial charge in [0.1, 0.15) is 0 Å². The minimum absolute atomic E-state index is 0.792. The zero-order chi connectivity index (χ0) is 9.97. The summed E-state index contributed by atoms with van der Waals surface area (Å²) in [5.74, 6) is 0. The Bertz CT molecular complexity index is 476. The van der Waals surface area contributed by atoms with Gasteiger partial charge >= 0.3 is 0 Å². The van der Waals surface area contributed by atoms with Crippen LogP contribution in [0.4, 0.5) is 5.69 Å². The van der Waals surface area contributed by atoms with Gasteiger partial charge in [0, 0.05) is 5.69 Å². The van der Waals surface area contributed by atoms with Crippen LogP contribution >= 0.6 is 12.2 Å². The summed E-state index contributed by atoms with van der Waals surface area (Å²) < 4.78 is 0. The van der Waals surface area contributed by atoms with E-state index in [1.54, 1.807) is 0 Å². The summed E-state index contributed by atoms with van der Waals surface area (Å²) in [5, 5.41) is 5.61. The fraction of sp³-hybridized carbons (Fsp3) is 0.0833. The lowest BCUT2D eigenvalue weighted by Crippen LogP contribution is -2.02. The molecule has 0 unspecified atom stereocenters. The molecule has 0 aromatic heterocycles. The molecule has 0 amide bonds. The Balaban J connectivity index is 2.46. The number of rotatable bonds is 1. The van der Waals surface area contributed by atoms with E-state index in [-0.39, 0.29) is 0 Å². The van der Waals surface area contributed by atoms with Gasteiger partial charge in [0.25, 0.3) is 0 Å². The van der Waals surface area contributed by atoms with Gasteiger partial charge in [0.15, 0.2) is 0 Å². The summed E-state index contributed by atoms with van der Waals surface area (Å²) >= 11 is 4.99. The van der Waals surface area contributed by atoms with Gasteiger partial charge in [-0.3, -0.25) is 0 Å². The zero-order valence-electron chi connectivity index (χ0n) is 7.95. The summed E-state index contributed by atoms with van der Waals surface area (Å²) in [7, 11) is 0. The van der Waals surface area contributed by atoms with Gasteiger partial charge in [-0.2, -0.15) is 0 Å². The van der Waals surface area contributed by atoms with Gasteiger partial charge in [-0.1, -0.05) is 42.5 Å². The first-order valence-electron chi connectivity index (χ1n) is 4.52. The Hall–Kier alpha value is -1.41. The Kier molecular flexibility index (Phi) is 2.46. The van der Waals surface area contributed by atoms with E-state index in [2.05, 4.69) is 29.6 Å². The Morgan fingerprint density at radius 2 is 1.79 bits per heavy atom. The van der Waals surface area contributed by atoms with Crippen LogP contribution in [0.2, 0.25) is 0 Å². The molecule has 0 heterocycles. The third-order valence-corrected chi connectivity index (χ3v) is 2.17. The molecule has 0 aliphatic carbocycles. The first kappa shape index (κ1) is 9.16. The molecule has 0 aliphatic heterocycles. The van der Waals surface area contributed by atoms with Crippen molar-refractivity contribution in [3.05, 3.63) is 42.5 Å². The van der Waals surface area contributed by atoms with Crippen LogP contribution in [0.25, 0.3) is 10.8 Å². The molecule has 0 radical (unpaired) electrons. The highest BCUT2D eigenvalue weighted by molar-refractivity contribution is 7.80. The topological polar surface area (TPSA) is 12.0 Å². The smallest absolute Gasteiger partial charge is 0.0765 e. The number of nitrogens with one attached hydrogen (secondary N) is 1. The predicted octanol–water partition coefficient (Wildman–Crippen LogP) is 3.60. The predicted molar refractivity (Wildman–Crippen MR) is 65.8 cm³/mol. The number of fused-ring (bicyclic) bond motifs is 1. The highest BCUT2D eigenvalue weighted by Gasteiger charge is 1.95. The number of hydrogen-bond acceptors (Lipinski definition) is 1. The normalized spacial score (nSPS) is 10.1. The van der Waals surface area contributed by atoms with Crippen LogP contribution in [0, 0.1) is 0 Å². The highest BCUT2D eigenvalue weighted by atomic mass is 32.1. The molecule has 0 bridgehead atoms. The fourth-order valence-electron chi connectivity index (χ4n) is 1.47. The quantitative estimate of drug-likeness (QED) is 0.707. The van der Waals surface area contributed by atoms with Crippen LogP contribution in [0.5, 0.6) is 0 Å².